The largest absolute Gasteiger partial charge is 0.357 e. The van der Waals surface area contributed by atoms with Crippen LogP contribution in [0.15, 0.2) is 46.8 Å². The Labute approximate surface area is 189 Å². The quantitative estimate of drug-likeness (QED) is 0.514. The summed E-state index contributed by atoms with van der Waals surface area (Å²) in [4.78, 5) is 23.3. The van der Waals surface area contributed by atoms with E-state index in [1.807, 2.05) is 22.3 Å². The van der Waals surface area contributed by atoms with Gasteiger partial charge in [-0.2, -0.15) is 0 Å². The second kappa shape index (κ2) is 10.8. The summed E-state index contributed by atoms with van der Waals surface area (Å²) in [5.41, 5.74) is 2.60. The summed E-state index contributed by atoms with van der Waals surface area (Å²) in [6, 6.07) is 13.1. The zero-order chi connectivity index (χ0) is 21.5. The van der Waals surface area contributed by atoms with E-state index in [-0.39, 0.29) is 12.5 Å². The van der Waals surface area contributed by atoms with Gasteiger partial charge in [-0.1, -0.05) is 30.3 Å². The molecule has 0 saturated carbocycles. The Bertz CT molecular complexity index is 876. The first-order valence-corrected chi connectivity index (χ1v) is 12.3. The Kier molecular flexibility index (Phi) is 7.59. The van der Waals surface area contributed by atoms with Gasteiger partial charge >= 0.3 is 0 Å². The molecule has 0 bridgehead atoms. The number of carbonyl (C=O) groups excluding carboxylic acids is 1. The molecule has 1 unspecified atom stereocenters. The number of hydrogen-bond donors (Lipinski definition) is 2. The third-order valence-electron chi connectivity index (χ3n) is 6.12. The molecule has 1 aromatic carbocycles. The Hall–Kier alpha value is -2.38. The van der Waals surface area contributed by atoms with Crippen LogP contribution in [0, 0.1) is 0 Å². The second-order valence-corrected chi connectivity index (χ2v) is 9.16. The molecule has 3 heterocycles. The monoisotopic (exact) mass is 439 g/mol. The van der Waals surface area contributed by atoms with Crippen LogP contribution in [0.2, 0.25) is 0 Å². The number of benzene rings is 1. The van der Waals surface area contributed by atoms with Crippen molar-refractivity contribution in [3.63, 3.8) is 0 Å². The fourth-order valence-electron chi connectivity index (χ4n) is 4.43. The van der Waals surface area contributed by atoms with E-state index in [1.54, 1.807) is 0 Å². The van der Waals surface area contributed by atoms with Gasteiger partial charge in [0.25, 0.3) is 0 Å². The van der Waals surface area contributed by atoms with Gasteiger partial charge in [-0.05, 0) is 61.8 Å². The Morgan fingerprint density at radius 3 is 2.65 bits per heavy atom. The molecule has 2 aliphatic rings. The van der Waals surface area contributed by atoms with E-state index in [0.29, 0.717) is 18.5 Å². The van der Waals surface area contributed by atoms with Gasteiger partial charge in [0, 0.05) is 31.1 Å². The smallest absolute Gasteiger partial charge is 0.244 e. The Morgan fingerprint density at radius 1 is 1.10 bits per heavy atom. The lowest BCUT2D eigenvalue weighted by molar-refractivity contribution is -0.130. The minimum atomic E-state index is 0.0843. The summed E-state index contributed by atoms with van der Waals surface area (Å²) in [5.74, 6) is 0.801. The van der Waals surface area contributed by atoms with Crippen LogP contribution in [-0.2, 0) is 17.8 Å². The second-order valence-electron chi connectivity index (χ2n) is 8.18. The summed E-state index contributed by atoms with van der Waals surface area (Å²) >= 11 is 1.81. The van der Waals surface area contributed by atoms with E-state index < -0.39 is 0 Å². The summed E-state index contributed by atoms with van der Waals surface area (Å²) in [7, 11) is 0. The molecule has 1 fully saturated rings. The minimum Gasteiger partial charge on any atom is -0.357 e. The summed E-state index contributed by atoms with van der Waals surface area (Å²) in [6.45, 7) is 7.53. The molecule has 1 aromatic heterocycles. The first kappa shape index (κ1) is 21.8. The summed E-state index contributed by atoms with van der Waals surface area (Å²) in [6.07, 6.45) is 3.45. The van der Waals surface area contributed by atoms with Gasteiger partial charge in [0.05, 0.1) is 6.04 Å². The molecular formula is C24H33N5OS. The molecule has 31 heavy (non-hydrogen) atoms. The molecule has 166 valence electrons. The van der Waals surface area contributed by atoms with Gasteiger partial charge in [-0.25, -0.2) is 4.99 Å². The lowest BCUT2D eigenvalue weighted by Crippen LogP contribution is -2.43. The molecule has 1 amide bonds. The van der Waals surface area contributed by atoms with Crippen molar-refractivity contribution in [2.45, 2.75) is 38.8 Å². The molecule has 4 rings (SSSR count). The molecular weight excluding hydrogens is 406 g/mol. The predicted molar refractivity (Wildman–Crippen MR) is 127 cm³/mol. The van der Waals surface area contributed by atoms with Crippen LogP contribution in [0.1, 0.15) is 41.8 Å². The van der Waals surface area contributed by atoms with Gasteiger partial charge < -0.3 is 15.5 Å². The molecule has 6 nitrogen and oxygen atoms in total. The maximum atomic E-state index is 12.8. The van der Waals surface area contributed by atoms with Crippen LogP contribution in [0.4, 0.5) is 0 Å². The predicted octanol–water partition coefficient (Wildman–Crippen LogP) is 3.03. The maximum absolute atomic E-state index is 12.8. The number of amides is 1. The first-order valence-electron chi connectivity index (χ1n) is 11.4. The van der Waals surface area contributed by atoms with Crippen molar-refractivity contribution in [1.82, 2.24) is 20.4 Å². The first-order chi connectivity index (χ1) is 15.2. The molecule has 2 aromatic rings. The van der Waals surface area contributed by atoms with Crippen molar-refractivity contribution in [2.75, 3.05) is 39.3 Å². The highest BCUT2D eigenvalue weighted by Gasteiger charge is 2.24. The molecule has 0 radical (unpaired) electrons. The van der Waals surface area contributed by atoms with Gasteiger partial charge in [-0.3, -0.25) is 9.69 Å². The van der Waals surface area contributed by atoms with E-state index in [2.05, 4.69) is 63.2 Å². The third-order valence-corrected chi connectivity index (χ3v) is 7.09. The molecule has 0 aliphatic carbocycles. The number of fused-ring (bicyclic) bond motifs is 1. The number of nitrogens with zero attached hydrogens (tertiary/aromatic N) is 3. The highest BCUT2D eigenvalue weighted by atomic mass is 32.1. The zero-order valence-corrected chi connectivity index (χ0v) is 19.2. The Balaban J connectivity index is 1.36. The lowest BCUT2D eigenvalue weighted by atomic mass is 10.00. The average molecular weight is 440 g/mol. The molecule has 2 N–H and O–H groups in total. The van der Waals surface area contributed by atoms with Crippen LogP contribution in [0.3, 0.4) is 0 Å². The standard InChI is InChI=1S/C24H33N5OS/c1-2-25-24(26-16-21(22-10-7-15-31-22)28-12-5-6-13-28)27-17-23(30)29-14-11-19-8-3-4-9-20(19)18-29/h3-4,7-10,15,21H,2,5-6,11-14,16-18H2,1H3,(H2,25,26,27). The number of thiophene rings is 1. The normalized spacial score (nSPS) is 18.0. The van der Waals surface area contributed by atoms with Crippen molar-refractivity contribution in [2.24, 2.45) is 4.99 Å². The van der Waals surface area contributed by atoms with Crippen molar-refractivity contribution in [3.8, 4) is 0 Å². The molecule has 2 aliphatic heterocycles. The average Bonchev–Trinajstić information content (AvgIpc) is 3.52. The van der Waals surface area contributed by atoms with Gasteiger partial charge in [0.2, 0.25) is 5.91 Å². The van der Waals surface area contributed by atoms with E-state index in [1.165, 1.54) is 28.8 Å². The van der Waals surface area contributed by atoms with E-state index in [0.717, 1.165) is 39.1 Å². The number of rotatable bonds is 7. The molecule has 0 spiro atoms. The van der Waals surface area contributed by atoms with Crippen LogP contribution >= 0.6 is 11.3 Å². The number of hydrogen-bond acceptors (Lipinski definition) is 4. The van der Waals surface area contributed by atoms with E-state index >= 15 is 0 Å². The lowest BCUT2D eigenvalue weighted by Gasteiger charge is -2.29. The maximum Gasteiger partial charge on any atom is 0.244 e. The summed E-state index contributed by atoms with van der Waals surface area (Å²) < 4.78 is 0. The SMILES string of the molecule is CCNC(=NCC(=O)N1CCc2ccccc2C1)NCC(c1cccs1)N1CCCC1. The van der Waals surface area contributed by atoms with Crippen molar-refractivity contribution in [3.05, 3.63) is 57.8 Å². The van der Waals surface area contributed by atoms with Crippen molar-refractivity contribution in [1.29, 1.82) is 0 Å². The number of carbonyl (C=O) groups is 1. The topological polar surface area (TPSA) is 60.0 Å². The number of nitrogens with one attached hydrogen (secondary N) is 2. The van der Waals surface area contributed by atoms with Crippen LogP contribution in [0.25, 0.3) is 0 Å². The van der Waals surface area contributed by atoms with E-state index in [4.69, 9.17) is 0 Å². The number of aliphatic imine (C=N–C) groups is 1. The van der Waals surface area contributed by atoms with E-state index in [9.17, 15) is 4.79 Å². The Morgan fingerprint density at radius 2 is 1.90 bits per heavy atom. The zero-order valence-electron chi connectivity index (χ0n) is 18.3. The van der Waals surface area contributed by atoms with Crippen LogP contribution in [0.5, 0.6) is 0 Å². The number of guanidine groups is 1. The third kappa shape index (κ3) is 5.66. The highest BCUT2D eigenvalue weighted by Crippen LogP contribution is 2.27. The van der Waals surface area contributed by atoms with Gasteiger partial charge in [0.1, 0.15) is 6.54 Å². The molecule has 1 saturated heterocycles. The highest BCUT2D eigenvalue weighted by molar-refractivity contribution is 7.10. The fourth-order valence-corrected chi connectivity index (χ4v) is 5.30. The summed E-state index contributed by atoms with van der Waals surface area (Å²) in [5, 5.41) is 8.94. The van der Waals surface area contributed by atoms with Gasteiger partial charge in [-0.15, -0.1) is 11.3 Å². The van der Waals surface area contributed by atoms with Crippen LogP contribution in [-0.4, -0.2) is 60.9 Å². The van der Waals surface area contributed by atoms with Crippen LogP contribution < -0.4 is 10.6 Å². The molecule has 1 atom stereocenters. The minimum absolute atomic E-state index is 0.0843. The number of likely N-dealkylation sites (tertiary alicyclic amines) is 1. The van der Waals surface area contributed by atoms with Crippen molar-refractivity contribution >= 4 is 23.2 Å². The molecule has 7 heteroatoms. The van der Waals surface area contributed by atoms with Gasteiger partial charge in [0.15, 0.2) is 5.96 Å². The fraction of sp³-hybridized carbons (Fsp3) is 0.500. The van der Waals surface area contributed by atoms with Crippen molar-refractivity contribution < 1.29 is 4.79 Å².